The zero-order valence-corrected chi connectivity index (χ0v) is 16.3. The molecule has 1 fully saturated rings. The molecule has 0 radical (unpaired) electrons. The van der Waals surface area contributed by atoms with Crippen LogP contribution < -0.4 is 4.74 Å². The van der Waals surface area contributed by atoms with Gasteiger partial charge in [0.05, 0.1) is 13.2 Å². The first-order chi connectivity index (χ1) is 13.2. The maximum absolute atomic E-state index is 12.6. The molecule has 27 heavy (non-hydrogen) atoms. The second-order valence-electron chi connectivity index (χ2n) is 6.03. The van der Waals surface area contributed by atoms with Crippen LogP contribution in [0.15, 0.2) is 58.6 Å². The molecule has 0 spiro atoms. The van der Waals surface area contributed by atoms with E-state index in [9.17, 15) is 10.1 Å². The van der Waals surface area contributed by atoms with E-state index in [2.05, 4.69) is 15.9 Å². The average molecular weight is 427 g/mol. The van der Waals surface area contributed by atoms with Crippen LogP contribution in [0.4, 0.5) is 0 Å². The first kappa shape index (κ1) is 19.2. The molecule has 0 saturated carbocycles. The van der Waals surface area contributed by atoms with Gasteiger partial charge < -0.3 is 14.4 Å². The quantitative estimate of drug-likeness (QED) is 0.538. The molecule has 0 atom stereocenters. The van der Waals surface area contributed by atoms with E-state index in [-0.39, 0.29) is 11.5 Å². The molecule has 0 N–H and O–H groups in total. The van der Waals surface area contributed by atoms with Crippen molar-refractivity contribution in [2.24, 2.45) is 0 Å². The number of hydrogen-bond donors (Lipinski definition) is 0. The Hall–Kier alpha value is -2.62. The molecule has 1 heterocycles. The van der Waals surface area contributed by atoms with Gasteiger partial charge in [-0.1, -0.05) is 46.3 Å². The van der Waals surface area contributed by atoms with Gasteiger partial charge in [0.25, 0.3) is 5.91 Å². The molecule has 0 bridgehead atoms. The molecule has 1 saturated heterocycles. The normalized spacial score (nSPS) is 14.5. The molecule has 2 aromatic carbocycles. The fourth-order valence-corrected chi connectivity index (χ4v) is 3.11. The Morgan fingerprint density at radius 2 is 1.96 bits per heavy atom. The highest BCUT2D eigenvalue weighted by Gasteiger charge is 2.21. The number of ether oxygens (including phenoxy) is 2. The van der Waals surface area contributed by atoms with Crippen molar-refractivity contribution in [3.05, 3.63) is 69.7 Å². The summed E-state index contributed by atoms with van der Waals surface area (Å²) in [7, 11) is 0. The molecule has 3 rings (SSSR count). The van der Waals surface area contributed by atoms with Crippen molar-refractivity contribution in [2.75, 3.05) is 26.3 Å². The van der Waals surface area contributed by atoms with Crippen molar-refractivity contribution in [2.45, 2.75) is 6.61 Å². The second-order valence-corrected chi connectivity index (χ2v) is 6.95. The Morgan fingerprint density at radius 1 is 1.22 bits per heavy atom. The number of halogens is 1. The number of morpholine rings is 1. The summed E-state index contributed by atoms with van der Waals surface area (Å²) >= 11 is 3.44. The number of nitrogens with zero attached hydrogens (tertiary/aromatic N) is 2. The van der Waals surface area contributed by atoms with Gasteiger partial charge in [0.15, 0.2) is 0 Å². The average Bonchev–Trinajstić information content (AvgIpc) is 2.72. The summed E-state index contributed by atoms with van der Waals surface area (Å²) in [5, 5.41) is 9.51. The molecule has 2 aromatic rings. The van der Waals surface area contributed by atoms with Crippen molar-refractivity contribution in [1.29, 1.82) is 5.26 Å². The Morgan fingerprint density at radius 3 is 2.67 bits per heavy atom. The summed E-state index contributed by atoms with van der Waals surface area (Å²) in [6.07, 6.45) is 1.59. The molecule has 138 valence electrons. The van der Waals surface area contributed by atoms with E-state index in [1.54, 1.807) is 11.0 Å². The summed E-state index contributed by atoms with van der Waals surface area (Å²) in [6.45, 7) is 2.38. The topological polar surface area (TPSA) is 62.6 Å². The third-order valence-electron chi connectivity index (χ3n) is 4.16. The van der Waals surface area contributed by atoms with E-state index in [0.29, 0.717) is 44.2 Å². The van der Waals surface area contributed by atoms with Crippen LogP contribution in [0.25, 0.3) is 6.08 Å². The smallest absolute Gasteiger partial charge is 0.264 e. The van der Waals surface area contributed by atoms with Crippen molar-refractivity contribution in [3.63, 3.8) is 0 Å². The van der Waals surface area contributed by atoms with Gasteiger partial charge in [-0.3, -0.25) is 4.79 Å². The summed E-state index contributed by atoms with van der Waals surface area (Å²) in [5.74, 6) is 0.333. The van der Waals surface area contributed by atoms with Crippen LogP contribution in [0.3, 0.4) is 0 Å². The van der Waals surface area contributed by atoms with E-state index < -0.39 is 0 Å². The predicted octanol–water partition coefficient (Wildman–Crippen LogP) is 3.79. The van der Waals surface area contributed by atoms with Crippen molar-refractivity contribution < 1.29 is 14.3 Å². The van der Waals surface area contributed by atoms with Gasteiger partial charge in [0.2, 0.25) is 0 Å². The van der Waals surface area contributed by atoms with E-state index in [4.69, 9.17) is 9.47 Å². The largest absolute Gasteiger partial charge is 0.488 e. The first-order valence-electron chi connectivity index (χ1n) is 8.62. The number of rotatable bonds is 5. The zero-order chi connectivity index (χ0) is 19.1. The lowest BCUT2D eigenvalue weighted by Gasteiger charge is -2.26. The van der Waals surface area contributed by atoms with E-state index in [1.807, 2.05) is 54.6 Å². The Bertz CT molecular complexity index is 869. The minimum absolute atomic E-state index is 0.0829. The summed E-state index contributed by atoms with van der Waals surface area (Å²) in [6, 6.07) is 17.4. The minimum atomic E-state index is -0.283. The van der Waals surface area contributed by atoms with Gasteiger partial charge in [-0.2, -0.15) is 5.26 Å². The lowest BCUT2D eigenvalue weighted by atomic mass is 10.1. The maximum atomic E-state index is 12.6. The van der Waals surface area contributed by atoms with Crippen LogP contribution >= 0.6 is 15.9 Å². The van der Waals surface area contributed by atoms with E-state index in [1.165, 1.54) is 0 Å². The summed E-state index contributed by atoms with van der Waals surface area (Å²) < 4.78 is 12.0. The Kier molecular flexibility index (Phi) is 6.64. The van der Waals surface area contributed by atoms with Gasteiger partial charge in [0.1, 0.15) is 24.0 Å². The van der Waals surface area contributed by atoms with Gasteiger partial charge in [-0.05, 0) is 29.8 Å². The third-order valence-corrected chi connectivity index (χ3v) is 4.65. The molecule has 1 aliphatic rings. The minimum Gasteiger partial charge on any atom is -0.488 e. The number of amides is 1. The highest BCUT2D eigenvalue weighted by molar-refractivity contribution is 9.10. The van der Waals surface area contributed by atoms with Gasteiger partial charge in [0, 0.05) is 23.1 Å². The van der Waals surface area contributed by atoms with Gasteiger partial charge in [-0.15, -0.1) is 0 Å². The van der Waals surface area contributed by atoms with Crippen LogP contribution in [0, 0.1) is 11.3 Å². The molecular weight excluding hydrogens is 408 g/mol. The van der Waals surface area contributed by atoms with Crippen LogP contribution in [0.5, 0.6) is 5.75 Å². The Labute approximate surface area is 166 Å². The van der Waals surface area contributed by atoms with Crippen molar-refractivity contribution in [3.8, 4) is 11.8 Å². The highest BCUT2D eigenvalue weighted by atomic mass is 79.9. The molecule has 0 aromatic heterocycles. The predicted molar refractivity (Wildman–Crippen MR) is 106 cm³/mol. The molecule has 6 heteroatoms. The molecule has 1 amide bonds. The van der Waals surface area contributed by atoms with Crippen LogP contribution in [-0.2, 0) is 16.1 Å². The van der Waals surface area contributed by atoms with Gasteiger partial charge in [-0.25, -0.2) is 0 Å². The zero-order valence-electron chi connectivity index (χ0n) is 14.7. The third kappa shape index (κ3) is 5.19. The SMILES string of the molecule is N#C/C(=C\c1cc(Br)ccc1OCc1ccccc1)C(=O)N1CCOCC1. The fourth-order valence-electron chi connectivity index (χ4n) is 2.73. The summed E-state index contributed by atoms with van der Waals surface area (Å²) in [5.41, 5.74) is 1.80. The molecule has 0 aliphatic carbocycles. The maximum Gasteiger partial charge on any atom is 0.264 e. The van der Waals surface area contributed by atoms with Crippen LogP contribution in [-0.4, -0.2) is 37.1 Å². The lowest BCUT2D eigenvalue weighted by molar-refractivity contribution is -0.130. The number of nitriles is 1. The van der Waals surface area contributed by atoms with E-state index in [0.717, 1.165) is 10.0 Å². The monoisotopic (exact) mass is 426 g/mol. The summed E-state index contributed by atoms with van der Waals surface area (Å²) in [4.78, 5) is 14.3. The number of hydrogen-bond acceptors (Lipinski definition) is 4. The lowest BCUT2D eigenvalue weighted by Crippen LogP contribution is -2.41. The van der Waals surface area contributed by atoms with E-state index >= 15 is 0 Å². The second kappa shape index (κ2) is 9.36. The number of benzene rings is 2. The molecular formula is C21H19BrN2O3. The van der Waals surface area contributed by atoms with Crippen molar-refractivity contribution >= 4 is 27.9 Å². The van der Waals surface area contributed by atoms with Gasteiger partial charge >= 0.3 is 0 Å². The molecule has 0 unspecified atom stereocenters. The standard InChI is InChI=1S/C21H19BrN2O3/c22-19-6-7-20(27-15-16-4-2-1-3-5-16)17(13-19)12-18(14-23)21(25)24-8-10-26-11-9-24/h1-7,12-13H,8-11,15H2/b18-12+. The first-order valence-corrected chi connectivity index (χ1v) is 9.42. The fraction of sp³-hybridized carbons (Fsp3) is 0.238. The van der Waals surface area contributed by atoms with Crippen LogP contribution in [0.1, 0.15) is 11.1 Å². The number of carbonyl (C=O) groups excluding carboxylic acids is 1. The Balaban J connectivity index is 1.83. The number of carbonyl (C=O) groups is 1. The highest BCUT2D eigenvalue weighted by Crippen LogP contribution is 2.27. The molecule has 5 nitrogen and oxygen atoms in total. The van der Waals surface area contributed by atoms with Crippen LogP contribution in [0.2, 0.25) is 0 Å². The molecule has 1 aliphatic heterocycles. The van der Waals surface area contributed by atoms with Crippen molar-refractivity contribution in [1.82, 2.24) is 4.90 Å².